The molecule has 66 valence electrons. The van der Waals surface area contributed by atoms with Gasteiger partial charge in [0.1, 0.15) is 0 Å². The van der Waals surface area contributed by atoms with Gasteiger partial charge in [0.2, 0.25) is 0 Å². The van der Waals surface area contributed by atoms with Crippen LogP contribution in [-0.4, -0.2) is 7.11 Å². The van der Waals surface area contributed by atoms with E-state index in [0.29, 0.717) is 13.2 Å². The molecule has 0 unspecified atom stereocenters. The van der Waals surface area contributed by atoms with E-state index >= 15 is 0 Å². The maximum Gasteiger partial charge on any atom is 0.0716 e. The Balaban J connectivity index is 3.00. The topological polar surface area (TPSA) is 35.2 Å². The molecule has 2 nitrogen and oxygen atoms in total. The number of ether oxygens (including phenoxy) is 1. The van der Waals surface area contributed by atoms with E-state index in [1.165, 1.54) is 0 Å². The van der Waals surface area contributed by atoms with Crippen molar-refractivity contribution in [2.24, 2.45) is 5.73 Å². The van der Waals surface area contributed by atoms with E-state index in [0.717, 1.165) is 15.6 Å². The van der Waals surface area contributed by atoms with Gasteiger partial charge >= 0.3 is 0 Å². The zero-order valence-electron chi connectivity index (χ0n) is 7.01. The SMILES string of the molecule is COCc1cccc(Br)c1CN. The molecule has 0 aromatic heterocycles. The summed E-state index contributed by atoms with van der Waals surface area (Å²) in [4.78, 5) is 0. The first-order valence-electron chi connectivity index (χ1n) is 3.75. The van der Waals surface area contributed by atoms with Crippen LogP contribution in [0.25, 0.3) is 0 Å². The normalized spacial score (nSPS) is 10.2. The van der Waals surface area contributed by atoms with Gasteiger partial charge < -0.3 is 10.5 Å². The van der Waals surface area contributed by atoms with Gasteiger partial charge in [-0.05, 0) is 17.2 Å². The second-order valence-corrected chi connectivity index (χ2v) is 3.37. The van der Waals surface area contributed by atoms with Crippen molar-refractivity contribution in [2.45, 2.75) is 13.2 Å². The average Bonchev–Trinajstić information content (AvgIpc) is 2.05. The van der Waals surface area contributed by atoms with E-state index in [1.807, 2.05) is 18.2 Å². The molecule has 0 spiro atoms. The van der Waals surface area contributed by atoms with Gasteiger partial charge in [-0.1, -0.05) is 28.1 Å². The molecule has 0 heterocycles. The van der Waals surface area contributed by atoms with Crippen molar-refractivity contribution < 1.29 is 4.74 Å². The fraction of sp³-hybridized carbons (Fsp3) is 0.333. The molecule has 0 aliphatic carbocycles. The second-order valence-electron chi connectivity index (χ2n) is 2.51. The minimum absolute atomic E-state index is 0.542. The molecule has 0 fully saturated rings. The monoisotopic (exact) mass is 229 g/mol. The van der Waals surface area contributed by atoms with Crippen LogP contribution in [0.5, 0.6) is 0 Å². The van der Waals surface area contributed by atoms with Crippen molar-refractivity contribution in [3.63, 3.8) is 0 Å². The largest absolute Gasteiger partial charge is 0.380 e. The van der Waals surface area contributed by atoms with Crippen molar-refractivity contribution in [1.29, 1.82) is 0 Å². The van der Waals surface area contributed by atoms with Gasteiger partial charge in [0, 0.05) is 18.1 Å². The van der Waals surface area contributed by atoms with Gasteiger partial charge in [0.25, 0.3) is 0 Å². The molecule has 0 saturated carbocycles. The number of rotatable bonds is 3. The van der Waals surface area contributed by atoms with Gasteiger partial charge in [-0.2, -0.15) is 0 Å². The molecule has 3 heteroatoms. The van der Waals surface area contributed by atoms with Crippen LogP contribution in [0.2, 0.25) is 0 Å². The van der Waals surface area contributed by atoms with Crippen LogP contribution < -0.4 is 5.73 Å². The first-order chi connectivity index (χ1) is 5.79. The molecular weight excluding hydrogens is 218 g/mol. The van der Waals surface area contributed by atoms with Gasteiger partial charge in [-0.3, -0.25) is 0 Å². The third-order valence-corrected chi connectivity index (χ3v) is 2.46. The van der Waals surface area contributed by atoms with E-state index < -0.39 is 0 Å². The summed E-state index contributed by atoms with van der Waals surface area (Å²) >= 11 is 3.44. The van der Waals surface area contributed by atoms with Crippen molar-refractivity contribution in [3.8, 4) is 0 Å². The lowest BCUT2D eigenvalue weighted by Crippen LogP contribution is -2.03. The quantitative estimate of drug-likeness (QED) is 0.862. The number of benzene rings is 1. The lowest BCUT2D eigenvalue weighted by molar-refractivity contribution is 0.184. The van der Waals surface area contributed by atoms with Crippen LogP contribution in [0.4, 0.5) is 0 Å². The molecule has 12 heavy (non-hydrogen) atoms. The summed E-state index contributed by atoms with van der Waals surface area (Å²) in [6.45, 7) is 1.16. The first kappa shape index (κ1) is 9.71. The van der Waals surface area contributed by atoms with Gasteiger partial charge in [-0.25, -0.2) is 0 Å². The molecule has 2 N–H and O–H groups in total. The summed E-state index contributed by atoms with van der Waals surface area (Å²) in [5.74, 6) is 0. The Labute approximate surface area is 80.8 Å². The first-order valence-corrected chi connectivity index (χ1v) is 4.54. The van der Waals surface area contributed by atoms with Crippen LogP contribution in [0, 0.1) is 0 Å². The predicted octanol–water partition coefficient (Wildman–Crippen LogP) is 2.05. The maximum atomic E-state index is 5.60. The van der Waals surface area contributed by atoms with Crippen molar-refractivity contribution in [2.75, 3.05) is 7.11 Å². The molecule has 1 rings (SSSR count). The summed E-state index contributed by atoms with van der Waals surface area (Å²) in [5.41, 5.74) is 7.87. The van der Waals surface area contributed by atoms with Gasteiger partial charge in [-0.15, -0.1) is 0 Å². The Kier molecular flexibility index (Phi) is 3.72. The number of hydrogen-bond acceptors (Lipinski definition) is 2. The highest BCUT2D eigenvalue weighted by molar-refractivity contribution is 9.10. The molecule has 0 atom stereocenters. The van der Waals surface area contributed by atoms with E-state index in [1.54, 1.807) is 7.11 Å². The number of nitrogens with two attached hydrogens (primary N) is 1. The van der Waals surface area contributed by atoms with Crippen LogP contribution >= 0.6 is 15.9 Å². The van der Waals surface area contributed by atoms with Crippen LogP contribution in [0.1, 0.15) is 11.1 Å². The smallest absolute Gasteiger partial charge is 0.0716 e. The molecular formula is C9H12BrNO. The predicted molar refractivity (Wildman–Crippen MR) is 52.7 cm³/mol. The highest BCUT2D eigenvalue weighted by atomic mass is 79.9. The number of methoxy groups -OCH3 is 1. The van der Waals surface area contributed by atoms with Crippen molar-refractivity contribution >= 4 is 15.9 Å². The molecule has 0 radical (unpaired) electrons. The Morgan fingerprint density at radius 1 is 1.50 bits per heavy atom. The Morgan fingerprint density at radius 3 is 2.83 bits per heavy atom. The highest BCUT2D eigenvalue weighted by Gasteiger charge is 2.03. The Morgan fingerprint density at radius 2 is 2.25 bits per heavy atom. The molecule has 1 aromatic carbocycles. The summed E-state index contributed by atoms with van der Waals surface area (Å²) in [6.07, 6.45) is 0. The molecule has 0 aliphatic rings. The Bertz CT molecular complexity index is 263. The Hall–Kier alpha value is -0.380. The van der Waals surface area contributed by atoms with E-state index in [4.69, 9.17) is 10.5 Å². The van der Waals surface area contributed by atoms with Gasteiger partial charge in [0.15, 0.2) is 0 Å². The molecule has 0 amide bonds. The number of halogens is 1. The molecule has 0 aliphatic heterocycles. The van der Waals surface area contributed by atoms with E-state index in [-0.39, 0.29) is 0 Å². The highest BCUT2D eigenvalue weighted by Crippen LogP contribution is 2.20. The second kappa shape index (κ2) is 4.60. The zero-order valence-corrected chi connectivity index (χ0v) is 8.60. The lowest BCUT2D eigenvalue weighted by atomic mass is 10.1. The summed E-state index contributed by atoms with van der Waals surface area (Å²) in [6, 6.07) is 6.00. The summed E-state index contributed by atoms with van der Waals surface area (Å²) < 4.78 is 6.10. The molecule has 1 aromatic rings. The van der Waals surface area contributed by atoms with E-state index in [9.17, 15) is 0 Å². The fourth-order valence-corrected chi connectivity index (χ4v) is 1.69. The van der Waals surface area contributed by atoms with Crippen LogP contribution in [0.3, 0.4) is 0 Å². The molecule has 0 saturated heterocycles. The maximum absolute atomic E-state index is 5.60. The average molecular weight is 230 g/mol. The fourth-order valence-electron chi connectivity index (χ4n) is 1.12. The third kappa shape index (κ3) is 2.06. The minimum atomic E-state index is 0.542. The minimum Gasteiger partial charge on any atom is -0.380 e. The van der Waals surface area contributed by atoms with Crippen molar-refractivity contribution in [3.05, 3.63) is 33.8 Å². The summed E-state index contributed by atoms with van der Waals surface area (Å²) in [5, 5.41) is 0. The number of hydrogen-bond donors (Lipinski definition) is 1. The van der Waals surface area contributed by atoms with Crippen LogP contribution in [-0.2, 0) is 17.9 Å². The lowest BCUT2D eigenvalue weighted by Gasteiger charge is -2.08. The van der Waals surface area contributed by atoms with Crippen LogP contribution in [0.15, 0.2) is 22.7 Å². The standard InChI is InChI=1S/C9H12BrNO/c1-12-6-7-3-2-4-9(10)8(7)5-11/h2-4H,5-6,11H2,1H3. The van der Waals surface area contributed by atoms with Gasteiger partial charge in [0.05, 0.1) is 6.61 Å². The van der Waals surface area contributed by atoms with E-state index in [2.05, 4.69) is 15.9 Å². The van der Waals surface area contributed by atoms with Crippen molar-refractivity contribution in [1.82, 2.24) is 0 Å². The molecule has 0 bridgehead atoms. The third-order valence-electron chi connectivity index (χ3n) is 1.72. The zero-order chi connectivity index (χ0) is 8.97. The summed E-state index contributed by atoms with van der Waals surface area (Å²) in [7, 11) is 1.68.